The van der Waals surface area contributed by atoms with Gasteiger partial charge in [-0.3, -0.25) is 9.59 Å². The van der Waals surface area contributed by atoms with E-state index >= 15 is 0 Å². The summed E-state index contributed by atoms with van der Waals surface area (Å²) in [5.74, 6) is -0.165. The second kappa shape index (κ2) is 10.2. The van der Waals surface area contributed by atoms with Gasteiger partial charge in [-0.1, -0.05) is 57.3 Å². The Morgan fingerprint density at radius 2 is 1.74 bits per heavy atom. The van der Waals surface area contributed by atoms with Crippen LogP contribution >= 0.6 is 39.1 Å². The number of ether oxygens (including phenoxy) is 1. The van der Waals surface area contributed by atoms with Gasteiger partial charge in [0.25, 0.3) is 0 Å². The number of anilines is 1. The molecule has 3 aliphatic rings. The lowest BCUT2D eigenvalue weighted by molar-refractivity contribution is -0.131. The first-order valence-electron chi connectivity index (χ1n) is 12.7. The zero-order valence-corrected chi connectivity index (χ0v) is 23.5. The molecule has 2 fully saturated rings. The van der Waals surface area contributed by atoms with E-state index in [-0.39, 0.29) is 24.3 Å². The van der Waals surface area contributed by atoms with Crippen LogP contribution in [0.3, 0.4) is 0 Å². The number of rotatable bonds is 4. The zero-order valence-electron chi connectivity index (χ0n) is 20.4. The highest BCUT2D eigenvalue weighted by molar-refractivity contribution is 9.10. The Balaban J connectivity index is 1.57. The summed E-state index contributed by atoms with van der Waals surface area (Å²) < 4.78 is 7.42. The van der Waals surface area contributed by atoms with Crippen LogP contribution in [0.15, 0.2) is 65.1 Å². The second-order valence-electron chi connectivity index (χ2n) is 10.1. The molecule has 3 aromatic rings. The Kier molecular flexibility index (Phi) is 6.89. The van der Waals surface area contributed by atoms with Gasteiger partial charge >= 0.3 is 0 Å². The van der Waals surface area contributed by atoms with Crippen molar-refractivity contribution in [2.24, 2.45) is 0 Å². The molecule has 196 valence electrons. The molecule has 0 aromatic heterocycles. The molecule has 1 unspecified atom stereocenters. The number of amides is 2. The number of carbonyl (C=O) groups excluding carboxylic acids is 2. The summed E-state index contributed by atoms with van der Waals surface area (Å²) in [7, 11) is 0. The van der Waals surface area contributed by atoms with E-state index in [9.17, 15) is 9.59 Å². The molecule has 3 aliphatic heterocycles. The number of piperidine rings is 2. The summed E-state index contributed by atoms with van der Waals surface area (Å²) in [6.45, 7) is 1.78. The molecule has 0 radical (unpaired) electrons. The van der Waals surface area contributed by atoms with Gasteiger partial charge in [-0.25, -0.2) is 0 Å². The first kappa shape index (κ1) is 25.7. The van der Waals surface area contributed by atoms with Crippen molar-refractivity contribution < 1.29 is 14.3 Å². The van der Waals surface area contributed by atoms with Crippen LogP contribution in [0.25, 0.3) is 0 Å². The minimum Gasteiger partial charge on any atom is -0.490 e. The summed E-state index contributed by atoms with van der Waals surface area (Å²) in [6.07, 6.45) is 1.94. The molecule has 3 N–H and O–H groups in total. The van der Waals surface area contributed by atoms with Crippen LogP contribution in [0.2, 0.25) is 10.0 Å². The zero-order chi connectivity index (χ0) is 26.4. The van der Waals surface area contributed by atoms with E-state index in [0.717, 1.165) is 47.1 Å². The molecule has 0 bridgehead atoms. The molecule has 38 heavy (non-hydrogen) atoms. The SMILES string of the molecule is O=C1C[C@H](c2cc(Br)ccc2OC2CCNCC2)C2(C(=O)Nc3cc(Cl)ccc32)[C@H](c2cccc(Cl)c2)N1. The highest BCUT2D eigenvalue weighted by Gasteiger charge is 2.61. The molecule has 9 heteroatoms. The molecular weight excluding hydrogens is 589 g/mol. The van der Waals surface area contributed by atoms with E-state index < -0.39 is 17.4 Å². The summed E-state index contributed by atoms with van der Waals surface area (Å²) in [4.78, 5) is 27.6. The minimum absolute atomic E-state index is 0.0526. The lowest BCUT2D eigenvalue weighted by Gasteiger charge is -2.46. The first-order valence-corrected chi connectivity index (χ1v) is 14.2. The number of hydrogen-bond donors (Lipinski definition) is 3. The van der Waals surface area contributed by atoms with E-state index in [1.807, 2.05) is 42.5 Å². The smallest absolute Gasteiger partial charge is 0.238 e. The molecule has 0 saturated carbocycles. The molecule has 3 heterocycles. The number of carbonyl (C=O) groups is 2. The predicted molar refractivity (Wildman–Crippen MR) is 152 cm³/mol. The molecular formula is C29H26BrCl2N3O3. The Labute approximate surface area is 239 Å². The molecule has 3 aromatic carbocycles. The predicted octanol–water partition coefficient (Wildman–Crippen LogP) is 6.12. The normalized spacial score (nSPS) is 25.1. The minimum atomic E-state index is -1.16. The van der Waals surface area contributed by atoms with Crippen molar-refractivity contribution in [3.05, 3.63) is 91.9 Å². The average molecular weight is 615 g/mol. The maximum Gasteiger partial charge on any atom is 0.238 e. The molecule has 1 spiro atoms. The lowest BCUT2D eigenvalue weighted by atomic mass is 9.59. The Morgan fingerprint density at radius 1 is 0.947 bits per heavy atom. The molecule has 2 saturated heterocycles. The van der Waals surface area contributed by atoms with Gasteiger partial charge < -0.3 is 20.7 Å². The van der Waals surface area contributed by atoms with Crippen molar-refractivity contribution in [2.75, 3.05) is 18.4 Å². The third kappa shape index (κ3) is 4.39. The fourth-order valence-electron chi connectivity index (χ4n) is 6.22. The van der Waals surface area contributed by atoms with Gasteiger partial charge in [0.15, 0.2) is 0 Å². The Morgan fingerprint density at radius 3 is 2.53 bits per heavy atom. The monoisotopic (exact) mass is 613 g/mol. The Bertz CT molecular complexity index is 1430. The third-order valence-corrected chi connectivity index (χ3v) is 8.82. The number of hydrogen-bond acceptors (Lipinski definition) is 4. The van der Waals surface area contributed by atoms with Gasteiger partial charge in [0.2, 0.25) is 11.8 Å². The third-order valence-electron chi connectivity index (χ3n) is 7.86. The molecule has 6 rings (SSSR count). The highest BCUT2D eigenvalue weighted by atomic mass is 79.9. The number of halogens is 3. The van der Waals surface area contributed by atoms with Crippen molar-refractivity contribution in [2.45, 2.75) is 42.7 Å². The van der Waals surface area contributed by atoms with Crippen molar-refractivity contribution in [3.8, 4) is 5.75 Å². The van der Waals surface area contributed by atoms with E-state index in [2.05, 4.69) is 31.9 Å². The molecule has 0 aliphatic carbocycles. The van der Waals surface area contributed by atoms with Crippen LogP contribution in [-0.4, -0.2) is 31.0 Å². The fourth-order valence-corrected chi connectivity index (χ4v) is 6.97. The quantitative estimate of drug-likeness (QED) is 0.331. The van der Waals surface area contributed by atoms with Crippen molar-refractivity contribution >= 4 is 56.6 Å². The molecule has 2 amide bonds. The van der Waals surface area contributed by atoms with Gasteiger partial charge in [0, 0.05) is 38.1 Å². The highest BCUT2D eigenvalue weighted by Crippen LogP contribution is 2.59. The lowest BCUT2D eigenvalue weighted by Crippen LogP contribution is -2.56. The topological polar surface area (TPSA) is 79.5 Å². The van der Waals surface area contributed by atoms with Crippen LogP contribution in [0.5, 0.6) is 5.75 Å². The van der Waals surface area contributed by atoms with Crippen LogP contribution in [0.1, 0.15) is 47.9 Å². The summed E-state index contributed by atoms with van der Waals surface area (Å²) in [6, 6.07) is 18.0. The van der Waals surface area contributed by atoms with Gasteiger partial charge in [-0.2, -0.15) is 0 Å². The van der Waals surface area contributed by atoms with E-state index in [0.29, 0.717) is 21.5 Å². The van der Waals surface area contributed by atoms with Gasteiger partial charge in [0.1, 0.15) is 17.3 Å². The van der Waals surface area contributed by atoms with Gasteiger partial charge in [-0.05, 0) is 79.5 Å². The van der Waals surface area contributed by atoms with Gasteiger partial charge in [-0.15, -0.1) is 0 Å². The maximum absolute atomic E-state index is 14.3. The van der Waals surface area contributed by atoms with Crippen LogP contribution in [-0.2, 0) is 15.0 Å². The first-order chi connectivity index (χ1) is 18.4. The van der Waals surface area contributed by atoms with E-state index in [1.54, 1.807) is 18.2 Å². The fraction of sp³-hybridized carbons (Fsp3) is 0.310. The number of benzene rings is 3. The van der Waals surface area contributed by atoms with Crippen LogP contribution in [0, 0.1) is 0 Å². The summed E-state index contributed by atoms with van der Waals surface area (Å²) in [5.41, 5.74) is 1.84. The van der Waals surface area contributed by atoms with E-state index in [4.69, 9.17) is 27.9 Å². The second-order valence-corrected chi connectivity index (χ2v) is 11.9. The molecule has 3 atom stereocenters. The standard InChI is InChI=1S/C29H26BrCl2N3O3/c30-17-4-7-25(38-20-8-10-33-11-9-20)21(13-17)23-15-26(36)35-27(16-2-1-3-18(31)12-16)29(23)22-6-5-19(32)14-24(22)34-28(29)37/h1-7,12-14,20,23,27,33H,8-11,15H2,(H,34,37)(H,35,36)/t23-,27+,29?/m1/s1. The Hall–Kier alpha value is -2.58. The van der Waals surface area contributed by atoms with Crippen molar-refractivity contribution in [1.82, 2.24) is 10.6 Å². The molecule has 6 nitrogen and oxygen atoms in total. The number of nitrogens with one attached hydrogen (secondary N) is 3. The largest absolute Gasteiger partial charge is 0.490 e. The number of fused-ring (bicyclic) bond motifs is 2. The van der Waals surface area contributed by atoms with E-state index in [1.165, 1.54) is 0 Å². The average Bonchev–Trinajstić information content (AvgIpc) is 3.18. The van der Waals surface area contributed by atoms with Crippen LogP contribution < -0.4 is 20.7 Å². The van der Waals surface area contributed by atoms with Crippen molar-refractivity contribution in [1.29, 1.82) is 0 Å². The van der Waals surface area contributed by atoms with Crippen LogP contribution in [0.4, 0.5) is 5.69 Å². The van der Waals surface area contributed by atoms with Gasteiger partial charge in [0.05, 0.1) is 6.04 Å². The maximum atomic E-state index is 14.3. The van der Waals surface area contributed by atoms with Crippen molar-refractivity contribution in [3.63, 3.8) is 0 Å². The summed E-state index contributed by atoms with van der Waals surface area (Å²) in [5, 5.41) is 10.6. The summed E-state index contributed by atoms with van der Waals surface area (Å²) >= 11 is 16.4.